The SMILES string of the molecule is CC(=O)c1cccc(NC(=O)[C@H](C)Sc2nnnn2-c2ccc(C)cc2C)c1. The molecule has 1 amide bonds. The van der Waals surface area contributed by atoms with Gasteiger partial charge in [0, 0.05) is 11.3 Å². The molecule has 0 radical (unpaired) electrons. The summed E-state index contributed by atoms with van der Waals surface area (Å²) < 4.78 is 1.64. The molecule has 0 saturated carbocycles. The molecule has 7 nitrogen and oxygen atoms in total. The van der Waals surface area contributed by atoms with Gasteiger partial charge in [0.1, 0.15) is 0 Å². The normalized spacial score (nSPS) is 11.9. The molecular weight excluding hydrogens is 374 g/mol. The largest absolute Gasteiger partial charge is 0.325 e. The Kier molecular flexibility index (Phi) is 5.89. The number of hydrogen-bond acceptors (Lipinski definition) is 6. The van der Waals surface area contributed by atoms with Crippen molar-refractivity contribution in [1.82, 2.24) is 20.2 Å². The van der Waals surface area contributed by atoms with Crippen LogP contribution in [0.4, 0.5) is 5.69 Å². The van der Waals surface area contributed by atoms with Crippen LogP contribution in [-0.4, -0.2) is 37.1 Å². The third kappa shape index (κ3) is 4.45. The van der Waals surface area contributed by atoms with Crippen LogP contribution in [0.2, 0.25) is 0 Å². The maximum absolute atomic E-state index is 12.6. The summed E-state index contributed by atoms with van der Waals surface area (Å²) in [6.45, 7) is 7.30. The first-order valence-corrected chi connectivity index (χ1v) is 9.67. The highest BCUT2D eigenvalue weighted by molar-refractivity contribution is 8.00. The number of Topliss-reactive ketones (excluding diaryl/α,β-unsaturated/α-hetero) is 1. The number of rotatable bonds is 6. The second-order valence-electron chi connectivity index (χ2n) is 6.55. The molecule has 2 aromatic carbocycles. The average Bonchev–Trinajstić information content (AvgIpc) is 3.09. The van der Waals surface area contributed by atoms with E-state index in [4.69, 9.17) is 0 Å². The number of nitrogens with one attached hydrogen (secondary N) is 1. The van der Waals surface area contributed by atoms with Crippen LogP contribution in [0, 0.1) is 13.8 Å². The molecule has 0 aliphatic heterocycles. The third-order valence-corrected chi connectivity index (χ3v) is 5.24. The molecule has 3 aromatic rings. The highest BCUT2D eigenvalue weighted by Crippen LogP contribution is 2.25. The van der Waals surface area contributed by atoms with Gasteiger partial charge < -0.3 is 5.32 Å². The lowest BCUT2D eigenvalue weighted by molar-refractivity contribution is -0.115. The van der Waals surface area contributed by atoms with Gasteiger partial charge in [-0.2, -0.15) is 4.68 Å². The van der Waals surface area contributed by atoms with E-state index in [9.17, 15) is 9.59 Å². The molecule has 144 valence electrons. The predicted molar refractivity (Wildman–Crippen MR) is 109 cm³/mol. The Morgan fingerprint density at radius 1 is 1.14 bits per heavy atom. The minimum Gasteiger partial charge on any atom is -0.325 e. The molecule has 0 aliphatic carbocycles. The van der Waals surface area contributed by atoms with Crippen LogP contribution in [0.5, 0.6) is 0 Å². The Bertz CT molecular complexity index is 1030. The zero-order valence-electron chi connectivity index (χ0n) is 16.1. The number of thioether (sulfide) groups is 1. The molecule has 3 rings (SSSR count). The minimum absolute atomic E-state index is 0.0498. The van der Waals surface area contributed by atoms with Gasteiger partial charge in [-0.05, 0) is 61.9 Å². The number of amides is 1. The zero-order valence-corrected chi connectivity index (χ0v) is 16.9. The predicted octanol–water partition coefficient (Wildman–Crippen LogP) is 3.60. The second kappa shape index (κ2) is 8.35. The summed E-state index contributed by atoms with van der Waals surface area (Å²) >= 11 is 1.27. The smallest absolute Gasteiger partial charge is 0.237 e. The van der Waals surface area contributed by atoms with Gasteiger partial charge in [-0.1, -0.05) is 41.6 Å². The molecule has 1 aromatic heterocycles. The van der Waals surface area contributed by atoms with Crippen molar-refractivity contribution in [3.05, 3.63) is 59.2 Å². The summed E-state index contributed by atoms with van der Waals surface area (Å²) in [7, 11) is 0. The van der Waals surface area contributed by atoms with Gasteiger partial charge in [0.15, 0.2) is 5.78 Å². The highest BCUT2D eigenvalue weighted by atomic mass is 32.2. The number of aryl methyl sites for hydroxylation is 2. The van der Waals surface area contributed by atoms with Gasteiger partial charge >= 0.3 is 0 Å². The third-order valence-electron chi connectivity index (χ3n) is 4.21. The van der Waals surface area contributed by atoms with Gasteiger partial charge in [0.2, 0.25) is 11.1 Å². The van der Waals surface area contributed by atoms with Crippen LogP contribution in [0.3, 0.4) is 0 Å². The van der Waals surface area contributed by atoms with E-state index in [1.165, 1.54) is 18.7 Å². The fourth-order valence-corrected chi connectivity index (χ4v) is 3.52. The van der Waals surface area contributed by atoms with E-state index in [-0.39, 0.29) is 11.7 Å². The van der Waals surface area contributed by atoms with E-state index in [2.05, 4.69) is 26.9 Å². The number of nitrogens with zero attached hydrogens (tertiary/aromatic N) is 4. The quantitative estimate of drug-likeness (QED) is 0.507. The molecule has 0 fully saturated rings. The van der Waals surface area contributed by atoms with Crippen molar-refractivity contribution in [2.24, 2.45) is 0 Å². The Morgan fingerprint density at radius 2 is 1.93 bits per heavy atom. The molecule has 0 unspecified atom stereocenters. The number of anilines is 1. The highest BCUT2D eigenvalue weighted by Gasteiger charge is 2.20. The Balaban J connectivity index is 1.74. The lowest BCUT2D eigenvalue weighted by atomic mass is 10.1. The molecule has 0 bridgehead atoms. The first-order valence-electron chi connectivity index (χ1n) is 8.79. The molecule has 28 heavy (non-hydrogen) atoms. The van der Waals surface area contributed by atoms with Crippen molar-refractivity contribution in [3.8, 4) is 5.69 Å². The van der Waals surface area contributed by atoms with Crippen molar-refractivity contribution in [1.29, 1.82) is 0 Å². The van der Waals surface area contributed by atoms with E-state index in [0.717, 1.165) is 16.8 Å². The number of aromatic nitrogens is 4. The number of benzene rings is 2. The Morgan fingerprint density at radius 3 is 2.64 bits per heavy atom. The Labute approximate surface area is 167 Å². The number of carbonyl (C=O) groups is 2. The van der Waals surface area contributed by atoms with Crippen molar-refractivity contribution in [3.63, 3.8) is 0 Å². The molecule has 8 heteroatoms. The van der Waals surface area contributed by atoms with Crippen LogP contribution < -0.4 is 5.32 Å². The molecule has 0 saturated heterocycles. The molecular formula is C20H21N5O2S. The molecule has 1 heterocycles. The summed E-state index contributed by atoms with van der Waals surface area (Å²) in [5.74, 6) is -0.243. The van der Waals surface area contributed by atoms with Crippen molar-refractivity contribution in [2.45, 2.75) is 38.1 Å². The number of hydrogen-bond donors (Lipinski definition) is 1. The summed E-state index contributed by atoms with van der Waals surface area (Å²) in [5.41, 5.74) is 4.22. The maximum atomic E-state index is 12.6. The van der Waals surface area contributed by atoms with E-state index >= 15 is 0 Å². The molecule has 0 aliphatic rings. The maximum Gasteiger partial charge on any atom is 0.237 e. The zero-order chi connectivity index (χ0) is 20.3. The van der Waals surface area contributed by atoms with Crippen LogP contribution in [0.1, 0.15) is 35.3 Å². The van der Waals surface area contributed by atoms with Gasteiger partial charge in [-0.3, -0.25) is 9.59 Å². The lowest BCUT2D eigenvalue weighted by Gasteiger charge is -2.13. The summed E-state index contributed by atoms with van der Waals surface area (Å²) in [6, 6.07) is 12.9. The summed E-state index contributed by atoms with van der Waals surface area (Å²) in [5, 5.41) is 14.8. The van der Waals surface area contributed by atoms with Crippen molar-refractivity contribution >= 4 is 29.1 Å². The van der Waals surface area contributed by atoms with Crippen molar-refractivity contribution in [2.75, 3.05) is 5.32 Å². The molecule has 1 N–H and O–H groups in total. The fourth-order valence-electron chi connectivity index (χ4n) is 2.72. The second-order valence-corrected chi connectivity index (χ2v) is 7.86. The van der Waals surface area contributed by atoms with Crippen LogP contribution in [0.25, 0.3) is 5.69 Å². The number of carbonyl (C=O) groups excluding carboxylic acids is 2. The average molecular weight is 395 g/mol. The molecule has 1 atom stereocenters. The van der Waals surface area contributed by atoms with E-state index in [0.29, 0.717) is 16.4 Å². The van der Waals surface area contributed by atoms with E-state index in [1.54, 1.807) is 35.9 Å². The Hall–Kier alpha value is -3.00. The first kappa shape index (κ1) is 19.8. The number of ketones is 1. The van der Waals surface area contributed by atoms with Crippen LogP contribution in [-0.2, 0) is 4.79 Å². The minimum atomic E-state index is -0.434. The van der Waals surface area contributed by atoms with Gasteiger partial charge in [-0.15, -0.1) is 5.10 Å². The fraction of sp³-hybridized carbons (Fsp3) is 0.250. The number of tetrazole rings is 1. The summed E-state index contributed by atoms with van der Waals surface area (Å²) in [6.07, 6.45) is 0. The van der Waals surface area contributed by atoms with Gasteiger partial charge in [0.25, 0.3) is 0 Å². The first-order chi connectivity index (χ1) is 13.3. The lowest BCUT2D eigenvalue weighted by Crippen LogP contribution is -2.23. The van der Waals surface area contributed by atoms with Crippen LogP contribution >= 0.6 is 11.8 Å². The standard InChI is InChI=1S/C20H21N5O2S/c1-12-8-9-18(13(2)10-12)25-20(22-23-24-25)28-15(4)19(27)21-17-7-5-6-16(11-17)14(3)26/h5-11,15H,1-4H3,(H,21,27)/t15-/m0/s1. The van der Waals surface area contributed by atoms with Gasteiger partial charge in [-0.25, -0.2) is 0 Å². The van der Waals surface area contributed by atoms with Crippen molar-refractivity contribution < 1.29 is 9.59 Å². The van der Waals surface area contributed by atoms with E-state index < -0.39 is 5.25 Å². The van der Waals surface area contributed by atoms with Crippen LogP contribution in [0.15, 0.2) is 47.6 Å². The monoisotopic (exact) mass is 395 g/mol. The molecule has 0 spiro atoms. The van der Waals surface area contributed by atoms with Gasteiger partial charge in [0.05, 0.1) is 10.9 Å². The summed E-state index contributed by atoms with van der Waals surface area (Å²) in [4.78, 5) is 24.1. The topological polar surface area (TPSA) is 89.8 Å². The van der Waals surface area contributed by atoms with E-state index in [1.807, 2.05) is 26.0 Å².